The fourth-order valence-corrected chi connectivity index (χ4v) is 2.98. The van der Waals surface area contributed by atoms with Gasteiger partial charge in [-0.15, -0.1) is 11.3 Å². The minimum Gasteiger partial charge on any atom is -0.444 e. The van der Waals surface area contributed by atoms with E-state index in [1.165, 1.54) is 6.07 Å². The van der Waals surface area contributed by atoms with Crippen LogP contribution < -0.4 is 4.90 Å². The number of halogens is 2. The van der Waals surface area contributed by atoms with Crippen molar-refractivity contribution in [3.8, 4) is 0 Å². The maximum Gasteiger partial charge on any atom is 0.410 e. The van der Waals surface area contributed by atoms with E-state index in [4.69, 9.17) is 4.74 Å². The van der Waals surface area contributed by atoms with Gasteiger partial charge in [0.15, 0.2) is 0 Å². The van der Waals surface area contributed by atoms with Crippen LogP contribution in [-0.2, 0) is 4.74 Å². The molecule has 7 heteroatoms. The first-order valence-corrected chi connectivity index (χ1v) is 7.69. The van der Waals surface area contributed by atoms with E-state index >= 15 is 0 Å². The van der Waals surface area contributed by atoms with Gasteiger partial charge in [-0.1, -0.05) is 0 Å². The van der Waals surface area contributed by atoms with Crippen molar-refractivity contribution in [2.24, 2.45) is 0 Å². The highest BCUT2D eigenvalue weighted by atomic mass is 32.1. The highest BCUT2D eigenvalue weighted by molar-refractivity contribution is 7.16. The van der Waals surface area contributed by atoms with E-state index in [9.17, 15) is 13.6 Å². The number of amides is 1. The van der Waals surface area contributed by atoms with Crippen LogP contribution in [0, 0.1) is 0 Å². The molecule has 1 saturated heterocycles. The van der Waals surface area contributed by atoms with Crippen LogP contribution in [0.3, 0.4) is 0 Å². The van der Waals surface area contributed by atoms with Crippen LogP contribution in [0.25, 0.3) is 0 Å². The Bertz CT molecular complexity index is 491. The van der Waals surface area contributed by atoms with Crippen LogP contribution in [0.2, 0.25) is 0 Å². The zero-order valence-electron chi connectivity index (χ0n) is 12.4. The summed E-state index contributed by atoms with van der Waals surface area (Å²) in [5.74, 6) is 0. The summed E-state index contributed by atoms with van der Waals surface area (Å²) < 4.78 is 30.5. The average molecular weight is 318 g/mol. The predicted molar refractivity (Wildman–Crippen MR) is 79.3 cm³/mol. The van der Waals surface area contributed by atoms with E-state index in [1.807, 2.05) is 25.7 Å². The fourth-order valence-electron chi connectivity index (χ4n) is 2.07. The number of ether oxygens (including phenoxy) is 1. The molecule has 0 radical (unpaired) electrons. The van der Waals surface area contributed by atoms with Gasteiger partial charge in [0.05, 0.1) is 9.88 Å². The second-order valence-electron chi connectivity index (χ2n) is 5.93. The van der Waals surface area contributed by atoms with Crippen LogP contribution >= 0.6 is 11.3 Å². The number of anilines is 1. The molecular formula is C14H20F2N2O2S. The minimum atomic E-state index is -2.42. The molecule has 1 aliphatic heterocycles. The molecule has 0 aromatic carbocycles. The highest BCUT2D eigenvalue weighted by Gasteiger charge is 2.26. The lowest BCUT2D eigenvalue weighted by Gasteiger charge is -2.36. The molecule has 0 spiro atoms. The van der Waals surface area contributed by atoms with Crippen molar-refractivity contribution in [2.45, 2.75) is 32.8 Å². The summed E-state index contributed by atoms with van der Waals surface area (Å²) in [5, 5.41) is 0.828. The molecule has 1 aromatic heterocycles. The molecule has 2 rings (SSSR count). The molecule has 0 unspecified atom stereocenters. The number of hydrogen-bond donors (Lipinski definition) is 0. The summed E-state index contributed by atoms with van der Waals surface area (Å²) in [6.45, 7) is 7.83. The molecule has 118 valence electrons. The van der Waals surface area contributed by atoms with Gasteiger partial charge < -0.3 is 14.5 Å². The SMILES string of the molecule is CC(C)(C)OC(=O)N1CCN(c2ccc(C(F)F)s2)CC1. The second kappa shape index (κ2) is 6.17. The number of carbonyl (C=O) groups excluding carboxylic acids is 1. The standard InChI is InChI=1S/C14H20F2N2O2S/c1-14(2,3)20-13(19)18-8-6-17(7-9-18)11-5-4-10(21-11)12(15)16/h4-5,12H,6-9H2,1-3H3. The molecule has 0 aliphatic carbocycles. The number of alkyl halides is 2. The third-order valence-corrected chi connectivity index (χ3v) is 4.22. The lowest BCUT2D eigenvalue weighted by Crippen LogP contribution is -2.49. The van der Waals surface area contributed by atoms with Crippen molar-refractivity contribution in [3.63, 3.8) is 0 Å². The van der Waals surface area contributed by atoms with Gasteiger partial charge in [0.2, 0.25) is 0 Å². The Morgan fingerprint density at radius 2 is 1.86 bits per heavy atom. The van der Waals surface area contributed by atoms with E-state index in [0.717, 1.165) is 16.3 Å². The normalized spacial score (nSPS) is 16.5. The van der Waals surface area contributed by atoms with Gasteiger partial charge in [-0.25, -0.2) is 13.6 Å². The molecule has 1 aromatic rings. The van der Waals surface area contributed by atoms with Crippen molar-refractivity contribution in [2.75, 3.05) is 31.1 Å². The molecule has 0 N–H and O–H groups in total. The number of rotatable bonds is 2. The predicted octanol–water partition coefficient (Wildman–Crippen LogP) is 3.74. The van der Waals surface area contributed by atoms with Gasteiger partial charge in [-0.3, -0.25) is 0 Å². The Morgan fingerprint density at radius 1 is 1.24 bits per heavy atom. The molecule has 0 bridgehead atoms. The first-order chi connectivity index (χ1) is 9.76. The topological polar surface area (TPSA) is 32.8 Å². The van der Waals surface area contributed by atoms with Crippen LogP contribution in [0.15, 0.2) is 12.1 Å². The number of piperazine rings is 1. The summed E-state index contributed by atoms with van der Waals surface area (Å²) in [6.07, 6.45) is -2.74. The number of hydrogen-bond acceptors (Lipinski definition) is 4. The van der Waals surface area contributed by atoms with E-state index in [1.54, 1.807) is 11.0 Å². The highest BCUT2D eigenvalue weighted by Crippen LogP contribution is 2.33. The van der Waals surface area contributed by atoms with Gasteiger partial charge in [0.25, 0.3) is 6.43 Å². The number of nitrogens with zero attached hydrogens (tertiary/aromatic N) is 2. The number of carbonyl (C=O) groups is 1. The molecule has 4 nitrogen and oxygen atoms in total. The van der Waals surface area contributed by atoms with Crippen molar-refractivity contribution in [1.29, 1.82) is 0 Å². The third-order valence-electron chi connectivity index (χ3n) is 3.07. The lowest BCUT2D eigenvalue weighted by atomic mass is 10.2. The Hall–Kier alpha value is -1.37. The maximum absolute atomic E-state index is 12.6. The van der Waals surface area contributed by atoms with Gasteiger partial charge >= 0.3 is 6.09 Å². The second-order valence-corrected chi connectivity index (χ2v) is 7.02. The smallest absolute Gasteiger partial charge is 0.410 e. The van der Waals surface area contributed by atoms with Gasteiger partial charge in [0.1, 0.15) is 5.60 Å². The summed E-state index contributed by atoms with van der Waals surface area (Å²) in [7, 11) is 0. The molecule has 2 heterocycles. The van der Waals surface area contributed by atoms with E-state index in [-0.39, 0.29) is 11.0 Å². The average Bonchev–Trinajstić information content (AvgIpc) is 2.86. The molecule has 0 saturated carbocycles. The van der Waals surface area contributed by atoms with Crippen LogP contribution in [-0.4, -0.2) is 42.8 Å². The Kier molecular flexibility index (Phi) is 4.70. The Morgan fingerprint density at radius 3 is 2.33 bits per heavy atom. The molecule has 1 aliphatic rings. The van der Waals surface area contributed by atoms with E-state index < -0.39 is 12.0 Å². The zero-order chi connectivity index (χ0) is 15.6. The maximum atomic E-state index is 12.6. The van der Waals surface area contributed by atoms with Crippen molar-refractivity contribution < 1.29 is 18.3 Å². The molecular weight excluding hydrogens is 298 g/mol. The number of thiophene rings is 1. The van der Waals surface area contributed by atoms with Crippen molar-refractivity contribution in [3.05, 3.63) is 17.0 Å². The van der Waals surface area contributed by atoms with Crippen LogP contribution in [0.4, 0.5) is 18.6 Å². The van der Waals surface area contributed by atoms with Gasteiger partial charge in [0, 0.05) is 26.2 Å². The van der Waals surface area contributed by atoms with Crippen LogP contribution in [0.1, 0.15) is 32.1 Å². The summed E-state index contributed by atoms with van der Waals surface area (Å²) in [6, 6.07) is 3.18. The molecule has 1 fully saturated rings. The largest absolute Gasteiger partial charge is 0.444 e. The first kappa shape index (κ1) is 16.0. The van der Waals surface area contributed by atoms with Gasteiger partial charge in [-0.05, 0) is 32.9 Å². The first-order valence-electron chi connectivity index (χ1n) is 6.87. The summed E-state index contributed by atoms with van der Waals surface area (Å²) >= 11 is 1.11. The van der Waals surface area contributed by atoms with Gasteiger partial charge in [-0.2, -0.15) is 0 Å². The molecule has 1 amide bonds. The van der Waals surface area contributed by atoms with E-state index in [0.29, 0.717) is 26.2 Å². The zero-order valence-corrected chi connectivity index (χ0v) is 13.3. The van der Waals surface area contributed by atoms with E-state index in [2.05, 4.69) is 0 Å². The summed E-state index contributed by atoms with van der Waals surface area (Å²) in [5.41, 5.74) is -0.506. The van der Waals surface area contributed by atoms with Crippen LogP contribution in [0.5, 0.6) is 0 Å². The minimum absolute atomic E-state index is 0.0829. The Balaban J connectivity index is 1.89. The third kappa shape index (κ3) is 4.30. The van der Waals surface area contributed by atoms with Crippen molar-refractivity contribution >= 4 is 22.4 Å². The fraction of sp³-hybridized carbons (Fsp3) is 0.643. The monoisotopic (exact) mass is 318 g/mol. The Labute approximate surface area is 127 Å². The molecule has 21 heavy (non-hydrogen) atoms. The van der Waals surface area contributed by atoms with Crippen molar-refractivity contribution in [1.82, 2.24) is 4.90 Å². The molecule has 0 atom stereocenters. The lowest BCUT2D eigenvalue weighted by molar-refractivity contribution is 0.0241. The summed E-state index contributed by atoms with van der Waals surface area (Å²) in [4.78, 5) is 15.7. The quantitative estimate of drug-likeness (QED) is 0.833.